The van der Waals surface area contributed by atoms with Gasteiger partial charge in [0.15, 0.2) is 5.78 Å². The third kappa shape index (κ3) is 2.52. The number of Topliss-reactive ketones (excluding diaryl/α,β-unsaturated/α-hetero) is 1. The Hall–Kier alpha value is -0.680. The molecular formula is C11H16N2OS2. The fourth-order valence-corrected chi connectivity index (χ4v) is 3.70. The van der Waals surface area contributed by atoms with Crippen molar-refractivity contribution in [2.75, 3.05) is 35.2 Å². The lowest BCUT2D eigenvalue weighted by molar-refractivity contribution is 0.102. The van der Waals surface area contributed by atoms with Crippen LogP contribution in [0.5, 0.6) is 0 Å². The Morgan fingerprint density at radius 2 is 2.25 bits per heavy atom. The number of carbonyl (C=O) groups excluding carboxylic acids is 1. The van der Waals surface area contributed by atoms with Gasteiger partial charge in [0.25, 0.3) is 0 Å². The first-order valence-electron chi connectivity index (χ1n) is 5.41. The van der Waals surface area contributed by atoms with Gasteiger partial charge in [-0.15, -0.1) is 11.3 Å². The Labute approximate surface area is 104 Å². The van der Waals surface area contributed by atoms with Crippen LogP contribution >= 0.6 is 23.1 Å². The van der Waals surface area contributed by atoms with Crippen molar-refractivity contribution in [3.8, 4) is 0 Å². The SMILES string of the molecule is CC(=O)c1sc(N2CCCSCC2)cc1N. The first-order valence-corrected chi connectivity index (χ1v) is 7.38. The zero-order chi connectivity index (χ0) is 11.5. The van der Waals surface area contributed by atoms with E-state index in [9.17, 15) is 4.79 Å². The van der Waals surface area contributed by atoms with E-state index < -0.39 is 0 Å². The van der Waals surface area contributed by atoms with Crippen molar-refractivity contribution in [2.24, 2.45) is 0 Å². The Balaban J connectivity index is 2.19. The molecule has 0 saturated carbocycles. The quantitative estimate of drug-likeness (QED) is 0.826. The van der Waals surface area contributed by atoms with Crippen LogP contribution in [0.25, 0.3) is 0 Å². The lowest BCUT2D eigenvalue weighted by Gasteiger charge is -2.19. The highest BCUT2D eigenvalue weighted by molar-refractivity contribution is 7.99. The first kappa shape index (κ1) is 11.8. The maximum atomic E-state index is 11.3. The van der Waals surface area contributed by atoms with E-state index in [4.69, 9.17) is 5.73 Å². The van der Waals surface area contributed by atoms with Crippen LogP contribution in [0.4, 0.5) is 10.7 Å². The zero-order valence-corrected chi connectivity index (χ0v) is 11.0. The summed E-state index contributed by atoms with van der Waals surface area (Å²) < 4.78 is 0. The Bertz CT molecular complexity index is 381. The predicted molar refractivity (Wildman–Crippen MR) is 72.9 cm³/mol. The van der Waals surface area contributed by atoms with Gasteiger partial charge in [-0.25, -0.2) is 0 Å². The molecule has 88 valence electrons. The number of thiophene rings is 1. The molecule has 0 bridgehead atoms. The molecule has 1 aliphatic rings. The second-order valence-electron chi connectivity index (χ2n) is 3.88. The monoisotopic (exact) mass is 256 g/mol. The van der Waals surface area contributed by atoms with Crippen molar-refractivity contribution >= 4 is 39.6 Å². The highest BCUT2D eigenvalue weighted by Gasteiger charge is 2.16. The van der Waals surface area contributed by atoms with Gasteiger partial charge in [0.2, 0.25) is 0 Å². The third-order valence-electron chi connectivity index (χ3n) is 2.60. The summed E-state index contributed by atoms with van der Waals surface area (Å²) in [6.45, 7) is 3.70. The van der Waals surface area contributed by atoms with Crippen LogP contribution in [0.15, 0.2) is 6.07 Å². The normalized spacial score (nSPS) is 17.2. The van der Waals surface area contributed by atoms with Crippen LogP contribution in [-0.2, 0) is 0 Å². The van der Waals surface area contributed by atoms with Crippen molar-refractivity contribution in [3.05, 3.63) is 10.9 Å². The zero-order valence-electron chi connectivity index (χ0n) is 9.36. The summed E-state index contributed by atoms with van der Waals surface area (Å²) in [5, 5.41) is 1.14. The molecule has 0 unspecified atom stereocenters. The minimum Gasteiger partial charge on any atom is -0.397 e. The second kappa shape index (κ2) is 5.10. The average molecular weight is 256 g/mol. The van der Waals surface area contributed by atoms with Gasteiger partial charge in [-0.3, -0.25) is 4.79 Å². The van der Waals surface area contributed by atoms with Gasteiger partial charge in [0, 0.05) is 25.8 Å². The van der Waals surface area contributed by atoms with Crippen LogP contribution in [-0.4, -0.2) is 30.4 Å². The molecule has 0 aromatic carbocycles. The number of nitrogen functional groups attached to an aromatic ring is 1. The molecule has 1 aliphatic heterocycles. The maximum Gasteiger partial charge on any atom is 0.171 e. The fourth-order valence-electron chi connectivity index (χ4n) is 1.79. The minimum absolute atomic E-state index is 0.0675. The lowest BCUT2D eigenvalue weighted by Crippen LogP contribution is -2.24. The number of thioether (sulfide) groups is 1. The highest BCUT2D eigenvalue weighted by Crippen LogP contribution is 2.33. The van der Waals surface area contributed by atoms with Gasteiger partial charge in [-0.1, -0.05) is 0 Å². The van der Waals surface area contributed by atoms with Crippen LogP contribution in [0, 0.1) is 0 Å². The number of carbonyl (C=O) groups is 1. The number of hydrogen-bond donors (Lipinski definition) is 1. The van der Waals surface area contributed by atoms with Crippen molar-refractivity contribution in [3.63, 3.8) is 0 Å². The van der Waals surface area contributed by atoms with Gasteiger partial charge >= 0.3 is 0 Å². The second-order valence-corrected chi connectivity index (χ2v) is 6.13. The van der Waals surface area contributed by atoms with Gasteiger partial charge in [-0.2, -0.15) is 11.8 Å². The largest absolute Gasteiger partial charge is 0.397 e. The first-order chi connectivity index (χ1) is 7.68. The number of nitrogens with two attached hydrogens (primary N) is 1. The van der Waals surface area contributed by atoms with Crippen molar-refractivity contribution < 1.29 is 4.79 Å². The molecule has 0 amide bonds. The van der Waals surface area contributed by atoms with E-state index in [1.807, 2.05) is 17.8 Å². The van der Waals surface area contributed by atoms with E-state index in [1.165, 1.54) is 23.5 Å². The van der Waals surface area contributed by atoms with Crippen LogP contribution in [0.2, 0.25) is 0 Å². The molecule has 2 N–H and O–H groups in total. The standard InChI is InChI=1S/C11H16N2OS2/c1-8(14)11-9(12)7-10(16-11)13-3-2-5-15-6-4-13/h7H,2-6,12H2,1H3. The summed E-state index contributed by atoms with van der Waals surface area (Å²) >= 11 is 3.52. The minimum atomic E-state index is 0.0675. The number of anilines is 2. The Kier molecular flexibility index (Phi) is 3.76. The fraction of sp³-hybridized carbons (Fsp3) is 0.545. The average Bonchev–Trinajstić information content (AvgIpc) is 2.50. The van der Waals surface area contributed by atoms with E-state index in [0.29, 0.717) is 10.6 Å². The molecule has 1 aromatic heterocycles. The number of hydrogen-bond acceptors (Lipinski definition) is 5. The van der Waals surface area contributed by atoms with E-state index in [2.05, 4.69) is 4.90 Å². The molecule has 3 nitrogen and oxygen atoms in total. The molecule has 1 aromatic rings. The summed E-state index contributed by atoms with van der Waals surface area (Å²) in [7, 11) is 0. The highest BCUT2D eigenvalue weighted by atomic mass is 32.2. The summed E-state index contributed by atoms with van der Waals surface area (Å²) in [4.78, 5) is 14.4. The maximum absolute atomic E-state index is 11.3. The van der Waals surface area contributed by atoms with E-state index in [0.717, 1.165) is 23.8 Å². The van der Waals surface area contributed by atoms with Gasteiger partial charge in [-0.05, 0) is 18.2 Å². The molecule has 1 saturated heterocycles. The van der Waals surface area contributed by atoms with Gasteiger partial charge in [0.05, 0.1) is 15.6 Å². The summed E-state index contributed by atoms with van der Waals surface area (Å²) in [5.74, 6) is 2.46. The summed E-state index contributed by atoms with van der Waals surface area (Å²) in [6.07, 6.45) is 1.21. The number of nitrogens with zero attached hydrogens (tertiary/aromatic N) is 1. The van der Waals surface area contributed by atoms with Crippen molar-refractivity contribution in [1.29, 1.82) is 0 Å². The van der Waals surface area contributed by atoms with Crippen molar-refractivity contribution in [2.45, 2.75) is 13.3 Å². The number of rotatable bonds is 2. The van der Waals surface area contributed by atoms with E-state index >= 15 is 0 Å². The Morgan fingerprint density at radius 1 is 1.44 bits per heavy atom. The van der Waals surface area contributed by atoms with Gasteiger partial charge < -0.3 is 10.6 Å². The molecule has 0 aliphatic carbocycles. The van der Waals surface area contributed by atoms with Gasteiger partial charge in [0.1, 0.15) is 0 Å². The molecule has 2 heterocycles. The molecular weight excluding hydrogens is 240 g/mol. The smallest absolute Gasteiger partial charge is 0.171 e. The third-order valence-corrected chi connectivity index (χ3v) is 4.96. The van der Waals surface area contributed by atoms with E-state index in [1.54, 1.807) is 6.92 Å². The predicted octanol–water partition coefficient (Wildman–Crippen LogP) is 2.48. The molecule has 1 fully saturated rings. The summed E-state index contributed by atoms with van der Waals surface area (Å²) in [6, 6.07) is 1.94. The topological polar surface area (TPSA) is 46.3 Å². The van der Waals surface area contributed by atoms with Crippen LogP contribution in [0.1, 0.15) is 23.0 Å². The molecule has 2 rings (SSSR count). The molecule has 0 radical (unpaired) electrons. The van der Waals surface area contributed by atoms with Crippen LogP contribution < -0.4 is 10.6 Å². The Morgan fingerprint density at radius 3 is 2.94 bits per heavy atom. The van der Waals surface area contributed by atoms with Crippen molar-refractivity contribution in [1.82, 2.24) is 0 Å². The molecule has 0 spiro atoms. The van der Waals surface area contributed by atoms with E-state index in [-0.39, 0.29) is 5.78 Å². The number of ketones is 1. The molecule has 0 atom stereocenters. The molecule has 16 heavy (non-hydrogen) atoms. The lowest BCUT2D eigenvalue weighted by atomic mass is 10.3. The van der Waals surface area contributed by atoms with Crippen LogP contribution in [0.3, 0.4) is 0 Å². The molecule has 5 heteroatoms. The summed E-state index contributed by atoms with van der Waals surface area (Å²) in [5.41, 5.74) is 6.47.